The van der Waals surface area contributed by atoms with Gasteiger partial charge in [-0.1, -0.05) is 179 Å². The molecule has 2 unspecified atom stereocenters. The fourth-order valence-electron chi connectivity index (χ4n) is 7.52. The number of hydrogen-bond acceptors (Lipinski definition) is 1. The van der Waals surface area contributed by atoms with Crippen molar-refractivity contribution >= 4 is 63.0 Å². The summed E-state index contributed by atoms with van der Waals surface area (Å²) in [6.45, 7) is 31.9. The van der Waals surface area contributed by atoms with Crippen molar-refractivity contribution in [2.24, 2.45) is 0 Å². The second-order valence-corrected chi connectivity index (χ2v) is 31.9. The number of halogens is 2. The molecule has 57 heavy (non-hydrogen) atoms. The van der Waals surface area contributed by atoms with Crippen LogP contribution in [0.2, 0.25) is 39.3 Å². The van der Waals surface area contributed by atoms with Gasteiger partial charge < -0.3 is 4.14 Å². The molecule has 0 saturated heterocycles. The third-order valence-electron chi connectivity index (χ3n) is 11.1. The topological polar surface area (TPSA) is 3.24 Å². The molecular weight excluding hydrogens is 844 g/mol. The summed E-state index contributed by atoms with van der Waals surface area (Å²) in [6.07, 6.45) is 2.38. The van der Waals surface area contributed by atoms with Gasteiger partial charge in [-0.2, -0.15) is 12.1 Å². The van der Waals surface area contributed by atoms with Crippen LogP contribution in [0.25, 0.3) is 43.8 Å². The molecule has 0 fully saturated rings. The molecule has 2 radical (unpaired) electrons. The van der Waals surface area contributed by atoms with E-state index in [0.717, 1.165) is 0 Å². The molecule has 6 rings (SSSR count). The van der Waals surface area contributed by atoms with Crippen LogP contribution in [0, 0.1) is 0 Å². The molecule has 0 aliphatic carbocycles. The Kier molecular flexibility index (Phi) is 19.6. The van der Waals surface area contributed by atoms with Crippen molar-refractivity contribution in [1.82, 2.24) is 4.14 Å². The molecule has 0 aromatic heterocycles. The van der Waals surface area contributed by atoms with E-state index in [-0.39, 0.29) is 0 Å². The Balaban J connectivity index is 0.000000236. The Labute approximate surface area is 370 Å². The van der Waals surface area contributed by atoms with Crippen LogP contribution in [0.5, 0.6) is 0 Å². The van der Waals surface area contributed by atoms with E-state index in [1.165, 1.54) is 78.9 Å². The number of nitrogens with zero attached hydrogens (tertiary/aromatic N) is 1. The van der Waals surface area contributed by atoms with Crippen LogP contribution >= 0.6 is 17.0 Å². The predicted octanol–water partition coefficient (Wildman–Crippen LogP) is 17.1. The summed E-state index contributed by atoms with van der Waals surface area (Å²) in [5.41, 5.74) is 11.3. The molecule has 0 aliphatic heterocycles. The molecule has 1 nitrogen and oxygen atoms in total. The molecule has 0 saturated carbocycles. The standard InChI is InChI=1S/2C22H25.C6H18BNSi2.2ClH.Zr/c2*1-5-16(4)18-13-17-9-8-12-21(22(17)14-18)20-11-7-6-10-19(20)15(2)3;1-9(2,3)8(7)10(4,5)6;;;/h2*6-16H,5H2,1-4H3;1-6H3;2*1H;/q2*-1;;;;+4/p-2. The maximum atomic E-state index is 5.98. The summed E-state index contributed by atoms with van der Waals surface area (Å²) in [4.78, 5) is 0. The number of hydrogen-bond donors (Lipinski definition) is 0. The van der Waals surface area contributed by atoms with Gasteiger partial charge in [-0.3, -0.25) is 0 Å². The van der Waals surface area contributed by atoms with E-state index in [9.17, 15) is 0 Å². The van der Waals surface area contributed by atoms with Gasteiger partial charge in [0.2, 0.25) is 0 Å². The average Bonchev–Trinajstić information content (AvgIpc) is 3.82. The van der Waals surface area contributed by atoms with Gasteiger partial charge in [-0.15, -0.1) is 69.1 Å². The van der Waals surface area contributed by atoms with Crippen LogP contribution in [-0.2, 0) is 20.8 Å². The average molecular weight is 912 g/mol. The SMILES string of the molecule is CCC(C)c1cc2c(-c3ccccc3C(C)C)cccc2[cH-]1.CCC(C)c1cc2c(-c3ccccc3C(C)C)cccc2[cH-]1.[B]N([Si](C)(C)C)[Si](C)(C)C.[Cl][Zr+2][Cl]. The zero-order valence-corrected chi connectivity index (χ0v) is 43.4. The zero-order chi connectivity index (χ0) is 42.7. The Morgan fingerprint density at radius 1 is 0.544 bits per heavy atom. The van der Waals surface area contributed by atoms with Crippen LogP contribution in [-0.4, -0.2) is 28.6 Å². The normalized spacial score (nSPS) is 12.7. The van der Waals surface area contributed by atoms with E-state index < -0.39 is 37.3 Å². The monoisotopic (exact) mass is 909 g/mol. The molecule has 7 heteroatoms. The molecule has 0 amide bonds. The Morgan fingerprint density at radius 2 is 0.860 bits per heavy atom. The second-order valence-electron chi connectivity index (χ2n) is 18.1. The second kappa shape index (κ2) is 22.6. The maximum absolute atomic E-state index is 5.98. The third-order valence-corrected chi connectivity index (χ3v) is 18.0. The molecule has 0 aliphatic rings. The molecule has 0 spiro atoms. The summed E-state index contributed by atoms with van der Waals surface area (Å²) in [7, 11) is 13.4. The molecule has 0 heterocycles. The number of rotatable bonds is 10. The summed E-state index contributed by atoms with van der Waals surface area (Å²) in [5.74, 6) is 2.33. The first-order valence-corrected chi connectivity index (χ1v) is 34.1. The van der Waals surface area contributed by atoms with Crippen LogP contribution < -0.4 is 0 Å². The van der Waals surface area contributed by atoms with Crippen molar-refractivity contribution < 1.29 is 20.8 Å². The van der Waals surface area contributed by atoms with Gasteiger partial charge in [0.1, 0.15) is 16.5 Å². The van der Waals surface area contributed by atoms with Gasteiger partial charge in [0.15, 0.2) is 7.98 Å². The van der Waals surface area contributed by atoms with Gasteiger partial charge in [0.05, 0.1) is 0 Å². The molecular formula is C50H68BCl2NSi2Zr. The van der Waals surface area contributed by atoms with Crippen molar-refractivity contribution in [3.8, 4) is 22.3 Å². The van der Waals surface area contributed by atoms with Gasteiger partial charge in [-0.05, 0) is 45.9 Å². The Bertz CT molecular complexity index is 1970. The van der Waals surface area contributed by atoms with Crippen LogP contribution in [0.3, 0.4) is 0 Å². The Hall–Kier alpha value is -1.98. The first-order chi connectivity index (χ1) is 26.8. The summed E-state index contributed by atoms with van der Waals surface area (Å²) >= 11 is -0.826. The van der Waals surface area contributed by atoms with Gasteiger partial charge >= 0.3 is 37.9 Å². The first kappa shape index (κ1) is 49.4. The zero-order valence-electron chi connectivity index (χ0n) is 37.4. The van der Waals surface area contributed by atoms with Gasteiger partial charge in [-0.25, -0.2) is 0 Å². The summed E-state index contributed by atoms with van der Waals surface area (Å²) in [5, 5.41) is 5.52. The van der Waals surface area contributed by atoms with Crippen molar-refractivity contribution in [1.29, 1.82) is 0 Å². The third kappa shape index (κ3) is 13.5. The first-order valence-electron chi connectivity index (χ1n) is 20.9. The molecule has 2 atom stereocenters. The Morgan fingerprint density at radius 3 is 1.14 bits per heavy atom. The van der Waals surface area contributed by atoms with E-state index in [1.54, 1.807) is 0 Å². The van der Waals surface area contributed by atoms with E-state index in [1.807, 2.05) is 0 Å². The van der Waals surface area contributed by atoms with Crippen molar-refractivity contribution in [3.63, 3.8) is 0 Å². The van der Waals surface area contributed by atoms with Crippen LogP contribution in [0.15, 0.2) is 109 Å². The number of fused-ring (bicyclic) bond motifs is 2. The van der Waals surface area contributed by atoms with E-state index in [4.69, 9.17) is 25.0 Å². The van der Waals surface area contributed by atoms with Crippen molar-refractivity contribution in [3.05, 3.63) is 131 Å². The van der Waals surface area contributed by atoms with Gasteiger partial charge in [0, 0.05) is 0 Å². The summed E-state index contributed by atoms with van der Waals surface area (Å²) < 4.78 is 2.15. The van der Waals surface area contributed by atoms with Crippen molar-refractivity contribution in [2.45, 2.75) is 131 Å². The molecule has 0 bridgehead atoms. The van der Waals surface area contributed by atoms with Gasteiger partial charge in [0.25, 0.3) is 0 Å². The van der Waals surface area contributed by atoms with E-state index >= 15 is 0 Å². The minimum absolute atomic E-state index is 0.537. The number of benzene rings is 4. The van der Waals surface area contributed by atoms with E-state index in [0.29, 0.717) is 23.7 Å². The molecule has 6 aromatic carbocycles. The fourth-order valence-corrected chi connectivity index (χ4v) is 15.6. The molecule has 0 N–H and O–H groups in total. The fraction of sp³-hybridized carbons (Fsp3) is 0.400. The summed E-state index contributed by atoms with van der Waals surface area (Å²) in [6, 6.07) is 40.6. The van der Waals surface area contributed by atoms with Crippen LogP contribution in [0.1, 0.15) is 114 Å². The quantitative estimate of drug-likeness (QED) is 0.0978. The van der Waals surface area contributed by atoms with Crippen molar-refractivity contribution in [2.75, 3.05) is 0 Å². The molecule has 6 aromatic rings. The predicted molar refractivity (Wildman–Crippen MR) is 262 cm³/mol. The molecule has 302 valence electrons. The van der Waals surface area contributed by atoms with Crippen LogP contribution in [0.4, 0.5) is 0 Å². The van der Waals surface area contributed by atoms with E-state index in [2.05, 4.69) is 208 Å². The minimum atomic E-state index is -1.22.